The van der Waals surface area contributed by atoms with Gasteiger partial charge in [0.25, 0.3) is 5.91 Å². The van der Waals surface area contributed by atoms with E-state index in [0.717, 1.165) is 23.4 Å². The molecule has 7 heteroatoms. The highest BCUT2D eigenvalue weighted by Crippen LogP contribution is 2.28. The molecule has 1 N–H and O–H groups in total. The molecule has 1 aromatic carbocycles. The van der Waals surface area contributed by atoms with Gasteiger partial charge in [0.2, 0.25) is 5.89 Å². The first kappa shape index (κ1) is 18.3. The number of nitrogens with zero attached hydrogens (tertiary/aromatic N) is 3. The zero-order valence-corrected chi connectivity index (χ0v) is 16.2. The lowest BCUT2D eigenvalue weighted by Gasteiger charge is -2.21. The van der Waals surface area contributed by atoms with Crippen molar-refractivity contribution in [1.82, 2.24) is 20.4 Å². The number of hydrogen-bond donors (Lipinski definition) is 1. The van der Waals surface area contributed by atoms with Crippen LogP contribution in [0, 0.1) is 6.92 Å². The average Bonchev–Trinajstić information content (AvgIpc) is 3.23. The van der Waals surface area contributed by atoms with Crippen LogP contribution in [0.15, 0.2) is 34.9 Å². The Morgan fingerprint density at radius 1 is 1.23 bits per heavy atom. The van der Waals surface area contributed by atoms with Gasteiger partial charge in [-0.05, 0) is 27.2 Å². The molecule has 136 valence electrons. The molecule has 3 aromatic rings. The van der Waals surface area contributed by atoms with Crippen LogP contribution in [-0.2, 0) is 12.0 Å². The van der Waals surface area contributed by atoms with Crippen LogP contribution < -0.4 is 5.32 Å². The molecule has 0 aliphatic carbocycles. The first-order valence-corrected chi connectivity index (χ1v) is 9.40. The maximum atomic E-state index is 12.8. The molecule has 0 aliphatic heterocycles. The number of benzene rings is 1. The van der Waals surface area contributed by atoms with Crippen molar-refractivity contribution in [3.05, 3.63) is 52.6 Å². The molecule has 0 saturated carbocycles. The Morgan fingerprint density at radius 3 is 2.65 bits per heavy atom. The van der Waals surface area contributed by atoms with Gasteiger partial charge in [0.15, 0.2) is 5.82 Å². The quantitative estimate of drug-likeness (QED) is 0.706. The molecule has 0 bridgehead atoms. The molecule has 2 aromatic heterocycles. The predicted octanol–water partition coefficient (Wildman–Crippen LogP) is 4.12. The smallest absolute Gasteiger partial charge is 0.264 e. The molecule has 6 nitrogen and oxygen atoms in total. The first-order chi connectivity index (χ1) is 12.4. The van der Waals surface area contributed by atoms with Crippen molar-refractivity contribution < 1.29 is 9.32 Å². The predicted molar refractivity (Wildman–Crippen MR) is 101 cm³/mol. The molecular formula is C19H22N4O2S. The van der Waals surface area contributed by atoms with E-state index in [4.69, 9.17) is 4.52 Å². The molecule has 0 saturated heterocycles. The highest BCUT2D eigenvalue weighted by atomic mass is 32.1. The fourth-order valence-corrected chi connectivity index (χ4v) is 3.50. The van der Waals surface area contributed by atoms with Crippen molar-refractivity contribution in [3.63, 3.8) is 0 Å². The van der Waals surface area contributed by atoms with Gasteiger partial charge < -0.3 is 9.84 Å². The van der Waals surface area contributed by atoms with Crippen LogP contribution in [0.3, 0.4) is 0 Å². The lowest BCUT2D eigenvalue weighted by Crippen LogP contribution is -2.41. The summed E-state index contributed by atoms with van der Waals surface area (Å²) in [6.45, 7) is 7.62. The van der Waals surface area contributed by atoms with Gasteiger partial charge in [-0.25, -0.2) is 4.98 Å². The second kappa shape index (κ2) is 7.37. The maximum absolute atomic E-state index is 12.8. The Morgan fingerprint density at radius 2 is 1.96 bits per heavy atom. The van der Waals surface area contributed by atoms with Gasteiger partial charge in [-0.2, -0.15) is 4.98 Å². The van der Waals surface area contributed by atoms with Crippen molar-refractivity contribution >= 4 is 17.2 Å². The summed E-state index contributed by atoms with van der Waals surface area (Å²) < 4.78 is 5.24. The highest BCUT2D eigenvalue weighted by Gasteiger charge is 2.30. The second-order valence-corrected chi connectivity index (χ2v) is 7.64. The highest BCUT2D eigenvalue weighted by molar-refractivity contribution is 7.17. The molecule has 2 heterocycles. The van der Waals surface area contributed by atoms with Crippen molar-refractivity contribution in [1.29, 1.82) is 0 Å². The summed E-state index contributed by atoms with van der Waals surface area (Å²) in [7, 11) is 0. The standard InChI is InChI=1S/C19H22N4O2S/c1-5-9-14-21-18(23-25-14)19(3,4)22-16(24)15-12(2)20-17(26-15)13-10-7-6-8-11-13/h6-8,10-11H,5,9H2,1-4H3,(H,22,24). The van der Waals surface area contributed by atoms with Gasteiger partial charge in [0, 0.05) is 12.0 Å². The molecule has 0 unspecified atom stereocenters. The number of nitrogens with one attached hydrogen (secondary N) is 1. The van der Waals surface area contributed by atoms with E-state index in [2.05, 4.69) is 20.4 Å². The summed E-state index contributed by atoms with van der Waals surface area (Å²) in [5.41, 5.74) is 0.971. The number of amides is 1. The number of aryl methyl sites for hydroxylation is 2. The van der Waals surface area contributed by atoms with Crippen LogP contribution in [0.4, 0.5) is 0 Å². The van der Waals surface area contributed by atoms with E-state index in [0.29, 0.717) is 22.3 Å². The summed E-state index contributed by atoms with van der Waals surface area (Å²) in [6, 6.07) is 9.84. The Labute approximate surface area is 156 Å². The van der Waals surface area contributed by atoms with Crippen LogP contribution >= 0.6 is 11.3 Å². The Bertz CT molecular complexity index is 899. The average molecular weight is 370 g/mol. The fourth-order valence-electron chi connectivity index (χ4n) is 2.53. The van der Waals surface area contributed by atoms with Crippen LogP contribution in [0.2, 0.25) is 0 Å². The summed E-state index contributed by atoms with van der Waals surface area (Å²) in [4.78, 5) is 22.3. The third kappa shape index (κ3) is 3.83. The van der Waals surface area contributed by atoms with Crippen LogP contribution in [0.1, 0.15) is 54.3 Å². The van der Waals surface area contributed by atoms with Crippen LogP contribution in [0.25, 0.3) is 10.6 Å². The van der Waals surface area contributed by atoms with Crippen molar-refractivity contribution in [2.45, 2.75) is 46.1 Å². The van der Waals surface area contributed by atoms with E-state index < -0.39 is 5.54 Å². The van der Waals surface area contributed by atoms with Crippen LogP contribution in [-0.4, -0.2) is 21.0 Å². The van der Waals surface area contributed by atoms with E-state index in [1.54, 1.807) is 0 Å². The van der Waals surface area contributed by atoms with Gasteiger partial charge >= 0.3 is 0 Å². The minimum Gasteiger partial charge on any atom is -0.339 e. The maximum Gasteiger partial charge on any atom is 0.264 e. The van der Waals surface area contributed by atoms with Crippen molar-refractivity contribution in [3.8, 4) is 10.6 Å². The van der Waals surface area contributed by atoms with Gasteiger partial charge in [-0.3, -0.25) is 4.79 Å². The fraction of sp³-hybridized carbons (Fsp3) is 0.368. The van der Waals surface area contributed by atoms with E-state index in [9.17, 15) is 4.79 Å². The number of carbonyl (C=O) groups excluding carboxylic acids is 1. The van der Waals surface area contributed by atoms with E-state index in [1.807, 2.05) is 58.0 Å². The normalized spacial score (nSPS) is 11.5. The SMILES string of the molecule is CCCc1nc(C(C)(C)NC(=O)c2sc(-c3ccccc3)nc2C)no1. The van der Waals surface area contributed by atoms with Crippen molar-refractivity contribution in [2.24, 2.45) is 0 Å². The summed E-state index contributed by atoms with van der Waals surface area (Å²) in [6.07, 6.45) is 1.65. The monoisotopic (exact) mass is 370 g/mol. The minimum absolute atomic E-state index is 0.186. The number of carbonyl (C=O) groups is 1. The van der Waals surface area contributed by atoms with Crippen LogP contribution in [0.5, 0.6) is 0 Å². The zero-order valence-electron chi connectivity index (χ0n) is 15.4. The lowest BCUT2D eigenvalue weighted by molar-refractivity contribution is 0.0911. The third-order valence-corrected chi connectivity index (χ3v) is 5.15. The Balaban J connectivity index is 1.79. The minimum atomic E-state index is -0.740. The van der Waals surface area contributed by atoms with Crippen molar-refractivity contribution in [2.75, 3.05) is 0 Å². The molecule has 0 atom stereocenters. The first-order valence-electron chi connectivity index (χ1n) is 8.59. The summed E-state index contributed by atoms with van der Waals surface area (Å²) >= 11 is 1.38. The molecule has 0 spiro atoms. The van der Waals surface area contributed by atoms with Gasteiger partial charge in [0.05, 0.1) is 11.2 Å². The molecule has 0 aliphatic rings. The molecule has 3 rings (SSSR count). The van der Waals surface area contributed by atoms with Gasteiger partial charge in [-0.1, -0.05) is 42.4 Å². The molecule has 0 radical (unpaired) electrons. The topological polar surface area (TPSA) is 80.9 Å². The molecule has 1 amide bonds. The Kier molecular flexibility index (Phi) is 5.18. The third-order valence-electron chi connectivity index (χ3n) is 3.94. The van der Waals surface area contributed by atoms with E-state index in [1.165, 1.54) is 11.3 Å². The summed E-state index contributed by atoms with van der Waals surface area (Å²) in [5.74, 6) is 0.874. The summed E-state index contributed by atoms with van der Waals surface area (Å²) in [5, 5.41) is 7.84. The van der Waals surface area contributed by atoms with E-state index in [-0.39, 0.29) is 5.91 Å². The second-order valence-electron chi connectivity index (χ2n) is 6.64. The largest absolute Gasteiger partial charge is 0.339 e. The van der Waals surface area contributed by atoms with Gasteiger partial charge in [0.1, 0.15) is 9.88 Å². The number of thiazole rings is 1. The zero-order chi connectivity index (χ0) is 18.7. The number of rotatable bonds is 6. The van der Waals surface area contributed by atoms with E-state index >= 15 is 0 Å². The number of aromatic nitrogens is 3. The molecule has 26 heavy (non-hydrogen) atoms. The Hall–Kier alpha value is -2.54. The van der Waals surface area contributed by atoms with Gasteiger partial charge in [-0.15, -0.1) is 11.3 Å². The molecule has 0 fully saturated rings. The number of hydrogen-bond acceptors (Lipinski definition) is 6. The lowest BCUT2D eigenvalue weighted by atomic mass is 10.0. The molecular weight excluding hydrogens is 348 g/mol.